The van der Waals surface area contributed by atoms with E-state index in [1.807, 2.05) is 0 Å². The Hall–Kier alpha value is -2.27. The van der Waals surface area contributed by atoms with Crippen LogP contribution in [-0.4, -0.2) is 24.0 Å². The van der Waals surface area contributed by atoms with E-state index in [1.54, 1.807) is 43.6 Å². The van der Waals surface area contributed by atoms with Gasteiger partial charge in [0.15, 0.2) is 0 Å². The molecule has 0 saturated heterocycles. The number of anilines is 2. The van der Waals surface area contributed by atoms with Crippen molar-refractivity contribution in [3.05, 3.63) is 47.1 Å². The molecular formula is C19H22ClN3O2. The number of amides is 1. The van der Waals surface area contributed by atoms with Crippen LogP contribution < -0.4 is 15.4 Å². The predicted molar refractivity (Wildman–Crippen MR) is 101 cm³/mol. The van der Waals surface area contributed by atoms with E-state index in [0.717, 1.165) is 18.7 Å². The molecule has 1 fully saturated rings. The Morgan fingerprint density at radius 1 is 1.20 bits per heavy atom. The van der Waals surface area contributed by atoms with E-state index in [2.05, 4.69) is 15.6 Å². The third-order valence-electron chi connectivity index (χ3n) is 4.39. The van der Waals surface area contributed by atoms with Gasteiger partial charge in [-0.2, -0.15) is 0 Å². The first kappa shape index (κ1) is 17.5. The van der Waals surface area contributed by atoms with E-state index < -0.39 is 0 Å². The second-order valence-electron chi connectivity index (χ2n) is 6.21. The predicted octanol–water partition coefficient (Wildman–Crippen LogP) is 4.74. The number of pyridine rings is 1. The van der Waals surface area contributed by atoms with Crippen molar-refractivity contribution >= 4 is 29.0 Å². The number of nitrogens with one attached hydrogen (secondary N) is 2. The number of halogens is 1. The average Bonchev–Trinajstić information content (AvgIpc) is 2.63. The number of nitrogens with zero attached hydrogens (tertiary/aromatic N) is 1. The summed E-state index contributed by atoms with van der Waals surface area (Å²) >= 11 is 6.01. The first-order valence-corrected chi connectivity index (χ1v) is 8.91. The summed E-state index contributed by atoms with van der Waals surface area (Å²) in [5.74, 6) is 1.07. The van der Waals surface area contributed by atoms with Gasteiger partial charge >= 0.3 is 0 Å². The molecule has 2 N–H and O–H groups in total. The zero-order valence-electron chi connectivity index (χ0n) is 14.2. The molecule has 25 heavy (non-hydrogen) atoms. The van der Waals surface area contributed by atoms with E-state index >= 15 is 0 Å². The number of methoxy groups -OCH3 is 1. The van der Waals surface area contributed by atoms with Crippen molar-refractivity contribution in [2.45, 2.75) is 38.1 Å². The van der Waals surface area contributed by atoms with Gasteiger partial charge < -0.3 is 15.4 Å². The third kappa shape index (κ3) is 4.63. The molecular weight excluding hydrogens is 338 g/mol. The molecule has 1 amide bonds. The molecule has 1 aliphatic rings. The summed E-state index contributed by atoms with van der Waals surface area (Å²) in [6, 6.07) is 9.02. The van der Waals surface area contributed by atoms with Gasteiger partial charge in [-0.3, -0.25) is 4.79 Å². The Balaban J connectivity index is 1.72. The molecule has 0 unspecified atom stereocenters. The normalized spacial score (nSPS) is 14.8. The second-order valence-corrected chi connectivity index (χ2v) is 6.64. The van der Waals surface area contributed by atoms with Crippen LogP contribution in [0.4, 0.5) is 11.5 Å². The van der Waals surface area contributed by atoms with Crippen LogP contribution >= 0.6 is 11.6 Å². The number of ether oxygens (including phenoxy) is 1. The number of rotatable bonds is 5. The molecule has 1 aromatic carbocycles. The van der Waals surface area contributed by atoms with Gasteiger partial charge in [0.1, 0.15) is 11.6 Å². The maximum Gasteiger partial charge on any atom is 0.255 e. The molecule has 1 aliphatic carbocycles. The van der Waals surface area contributed by atoms with Crippen molar-refractivity contribution in [1.29, 1.82) is 0 Å². The minimum Gasteiger partial charge on any atom is -0.495 e. The molecule has 0 spiro atoms. The van der Waals surface area contributed by atoms with Crippen molar-refractivity contribution in [3.63, 3.8) is 0 Å². The maximum absolute atomic E-state index is 12.6. The van der Waals surface area contributed by atoms with E-state index in [1.165, 1.54) is 19.3 Å². The summed E-state index contributed by atoms with van der Waals surface area (Å²) in [6.07, 6.45) is 7.74. The van der Waals surface area contributed by atoms with Gasteiger partial charge in [0.2, 0.25) is 0 Å². The SMILES string of the molecule is COc1ccc(Cl)cc1NC(=O)c1ccnc(NC2CCCCC2)c1. The number of aromatic nitrogens is 1. The summed E-state index contributed by atoms with van der Waals surface area (Å²) in [5.41, 5.74) is 1.08. The molecule has 1 saturated carbocycles. The Morgan fingerprint density at radius 2 is 2.00 bits per heavy atom. The summed E-state index contributed by atoms with van der Waals surface area (Å²) in [5, 5.41) is 6.81. The lowest BCUT2D eigenvalue weighted by atomic mass is 9.95. The first-order chi connectivity index (χ1) is 12.2. The van der Waals surface area contributed by atoms with Crippen LogP contribution in [0.15, 0.2) is 36.5 Å². The van der Waals surface area contributed by atoms with Crippen LogP contribution in [-0.2, 0) is 0 Å². The third-order valence-corrected chi connectivity index (χ3v) is 4.62. The number of carbonyl (C=O) groups is 1. The number of hydrogen-bond acceptors (Lipinski definition) is 4. The zero-order valence-corrected chi connectivity index (χ0v) is 15.0. The first-order valence-electron chi connectivity index (χ1n) is 8.53. The van der Waals surface area contributed by atoms with Gasteiger partial charge in [-0.1, -0.05) is 30.9 Å². The van der Waals surface area contributed by atoms with E-state index in [9.17, 15) is 4.79 Å². The van der Waals surface area contributed by atoms with Gasteiger partial charge in [-0.15, -0.1) is 0 Å². The fourth-order valence-electron chi connectivity index (χ4n) is 3.08. The minimum atomic E-state index is -0.227. The van der Waals surface area contributed by atoms with E-state index in [-0.39, 0.29) is 5.91 Å². The number of benzene rings is 1. The summed E-state index contributed by atoms with van der Waals surface area (Å²) in [7, 11) is 1.55. The molecule has 1 aromatic heterocycles. The van der Waals surface area contributed by atoms with Crippen LogP contribution in [0.2, 0.25) is 5.02 Å². The van der Waals surface area contributed by atoms with Crippen molar-refractivity contribution < 1.29 is 9.53 Å². The van der Waals surface area contributed by atoms with Gasteiger partial charge in [0, 0.05) is 22.8 Å². The minimum absolute atomic E-state index is 0.227. The zero-order chi connectivity index (χ0) is 17.6. The van der Waals surface area contributed by atoms with Crippen molar-refractivity contribution in [2.75, 3.05) is 17.7 Å². The van der Waals surface area contributed by atoms with E-state index in [0.29, 0.717) is 28.1 Å². The summed E-state index contributed by atoms with van der Waals surface area (Å²) in [6.45, 7) is 0. The Labute approximate surface area is 152 Å². The Bertz CT molecular complexity index is 745. The lowest BCUT2D eigenvalue weighted by Gasteiger charge is -2.23. The maximum atomic E-state index is 12.6. The number of hydrogen-bond donors (Lipinski definition) is 2. The van der Waals surface area contributed by atoms with Crippen LogP contribution in [0.5, 0.6) is 5.75 Å². The van der Waals surface area contributed by atoms with Crippen molar-refractivity contribution in [1.82, 2.24) is 4.98 Å². The van der Waals surface area contributed by atoms with Gasteiger partial charge in [0.25, 0.3) is 5.91 Å². The molecule has 0 radical (unpaired) electrons. The Kier molecular flexibility index (Phi) is 5.76. The largest absolute Gasteiger partial charge is 0.495 e. The van der Waals surface area contributed by atoms with Crippen molar-refractivity contribution in [3.8, 4) is 5.75 Å². The highest BCUT2D eigenvalue weighted by atomic mass is 35.5. The molecule has 1 heterocycles. The highest BCUT2D eigenvalue weighted by molar-refractivity contribution is 6.31. The average molecular weight is 360 g/mol. The summed E-state index contributed by atoms with van der Waals surface area (Å²) in [4.78, 5) is 16.9. The van der Waals surface area contributed by atoms with Crippen LogP contribution in [0.25, 0.3) is 0 Å². The second kappa shape index (κ2) is 8.21. The topological polar surface area (TPSA) is 63.2 Å². The monoisotopic (exact) mass is 359 g/mol. The smallest absolute Gasteiger partial charge is 0.255 e. The highest BCUT2D eigenvalue weighted by Crippen LogP contribution is 2.28. The summed E-state index contributed by atoms with van der Waals surface area (Å²) < 4.78 is 5.26. The van der Waals surface area contributed by atoms with Gasteiger partial charge in [0.05, 0.1) is 12.8 Å². The highest BCUT2D eigenvalue weighted by Gasteiger charge is 2.15. The molecule has 0 aliphatic heterocycles. The Morgan fingerprint density at radius 3 is 2.76 bits per heavy atom. The van der Waals surface area contributed by atoms with Gasteiger partial charge in [-0.05, 0) is 43.2 Å². The lowest BCUT2D eigenvalue weighted by molar-refractivity contribution is 0.102. The van der Waals surface area contributed by atoms with Crippen LogP contribution in [0.3, 0.4) is 0 Å². The molecule has 5 nitrogen and oxygen atoms in total. The molecule has 0 atom stereocenters. The standard InChI is InChI=1S/C19H22ClN3O2/c1-25-17-8-7-14(20)12-16(17)23-19(24)13-9-10-21-18(11-13)22-15-5-3-2-4-6-15/h7-12,15H,2-6H2,1H3,(H,21,22)(H,23,24). The van der Waals surface area contributed by atoms with Crippen LogP contribution in [0.1, 0.15) is 42.5 Å². The number of carbonyl (C=O) groups excluding carboxylic acids is 1. The van der Waals surface area contributed by atoms with Crippen LogP contribution in [0, 0.1) is 0 Å². The fraction of sp³-hybridized carbons (Fsp3) is 0.368. The van der Waals surface area contributed by atoms with Crippen molar-refractivity contribution in [2.24, 2.45) is 0 Å². The molecule has 2 aromatic rings. The quantitative estimate of drug-likeness (QED) is 0.809. The molecule has 3 rings (SSSR count). The van der Waals surface area contributed by atoms with E-state index in [4.69, 9.17) is 16.3 Å². The fourth-order valence-corrected chi connectivity index (χ4v) is 3.25. The molecule has 0 bridgehead atoms. The lowest BCUT2D eigenvalue weighted by Crippen LogP contribution is -2.23. The molecule has 6 heteroatoms. The molecule has 132 valence electrons. The van der Waals surface area contributed by atoms with Gasteiger partial charge in [-0.25, -0.2) is 4.98 Å².